The van der Waals surface area contributed by atoms with Gasteiger partial charge in [-0.05, 0) is 47.1 Å². The van der Waals surface area contributed by atoms with Gasteiger partial charge in [0.2, 0.25) is 5.91 Å². The van der Waals surface area contributed by atoms with E-state index in [2.05, 4.69) is 34.5 Å². The summed E-state index contributed by atoms with van der Waals surface area (Å²) in [4.78, 5) is 42.3. The molecule has 2 bridgehead atoms. The molecule has 6 rings (SSSR count). The summed E-state index contributed by atoms with van der Waals surface area (Å²) in [5.74, 6) is -1.35. The number of ether oxygens (including phenoxy) is 1. The Bertz CT molecular complexity index is 1370. The highest BCUT2D eigenvalue weighted by atomic mass is 16.5. The number of fused-ring (bicyclic) bond motifs is 5. The third-order valence-electron chi connectivity index (χ3n) is 8.73. The monoisotopic (exact) mass is 553 g/mol. The third-order valence-corrected chi connectivity index (χ3v) is 8.73. The van der Waals surface area contributed by atoms with Gasteiger partial charge in [-0.3, -0.25) is 14.5 Å². The summed E-state index contributed by atoms with van der Waals surface area (Å²) in [6, 6.07) is 26.1. The molecule has 212 valence electrons. The van der Waals surface area contributed by atoms with Gasteiger partial charge in [0, 0.05) is 44.1 Å². The number of hydrogen-bond donors (Lipinski definition) is 2. The maximum Gasteiger partial charge on any atom is 0.407 e. The molecule has 41 heavy (non-hydrogen) atoms. The van der Waals surface area contributed by atoms with Gasteiger partial charge in [0.25, 0.3) is 0 Å². The third kappa shape index (κ3) is 5.70. The van der Waals surface area contributed by atoms with Gasteiger partial charge in [0.05, 0.1) is 0 Å². The molecule has 2 amide bonds. The second kappa shape index (κ2) is 11.7. The Kier molecular flexibility index (Phi) is 7.74. The number of nitrogens with zero attached hydrogens (tertiary/aromatic N) is 2. The van der Waals surface area contributed by atoms with Crippen molar-refractivity contribution in [1.29, 1.82) is 0 Å². The first kappa shape index (κ1) is 27.0. The molecular weight excluding hydrogens is 518 g/mol. The van der Waals surface area contributed by atoms with E-state index >= 15 is 0 Å². The summed E-state index contributed by atoms with van der Waals surface area (Å²) in [6.07, 6.45) is 1.11. The highest BCUT2D eigenvalue weighted by Gasteiger charge is 2.42. The van der Waals surface area contributed by atoms with Gasteiger partial charge in [-0.25, -0.2) is 4.79 Å². The molecule has 0 saturated carbocycles. The second-order valence-electron chi connectivity index (χ2n) is 11.2. The summed E-state index contributed by atoms with van der Waals surface area (Å²) in [7, 11) is 0. The molecule has 3 aliphatic rings. The summed E-state index contributed by atoms with van der Waals surface area (Å²) in [5.41, 5.74) is 5.72. The lowest BCUT2D eigenvalue weighted by atomic mass is 9.98. The van der Waals surface area contributed by atoms with Crippen LogP contribution in [0.1, 0.15) is 48.3 Å². The topological polar surface area (TPSA) is 99.2 Å². The van der Waals surface area contributed by atoms with Gasteiger partial charge in [-0.2, -0.15) is 0 Å². The molecule has 8 heteroatoms. The number of piperazine rings is 1. The van der Waals surface area contributed by atoms with Crippen LogP contribution in [-0.4, -0.2) is 70.7 Å². The average Bonchev–Trinajstić information content (AvgIpc) is 3.41. The van der Waals surface area contributed by atoms with E-state index in [1.165, 1.54) is 5.56 Å². The van der Waals surface area contributed by atoms with Gasteiger partial charge in [-0.15, -0.1) is 0 Å². The fraction of sp³-hybridized carbons (Fsp3) is 0.364. The molecule has 1 aliphatic carbocycles. The number of alkyl carbamates (subject to hydrolysis) is 1. The van der Waals surface area contributed by atoms with Crippen LogP contribution in [0.2, 0.25) is 0 Å². The number of aliphatic carboxylic acids is 1. The maximum absolute atomic E-state index is 13.7. The van der Waals surface area contributed by atoms with Crippen molar-refractivity contribution in [3.63, 3.8) is 0 Å². The fourth-order valence-electron chi connectivity index (χ4n) is 6.75. The predicted octanol–water partition coefficient (Wildman–Crippen LogP) is 4.63. The van der Waals surface area contributed by atoms with Crippen molar-refractivity contribution in [1.82, 2.24) is 15.1 Å². The highest BCUT2D eigenvalue weighted by Crippen LogP contribution is 2.44. The number of amides is 2. The summed E-state index contributed by atoms with van der Waals surface area (Å²) < 4.78 is 5.68. The lowest BCUT2D eigenvalue weighted by Gasteiger charge is -2.42. The Morgan fingerprint density at radius 2 is 1.44 bits per heavy atom. The number of carbonyl (C=O) groups excluding carboxylic acids is 2. The van der Waals surface area contributed by atoms with Crippen LogP contribution in [0.3, 0.4) is 0 Å². The van der Waals surface area contributed by atoms with Crippen molar-refractivity contribution in [2.75, 3.05) is 19.7 Å². The molecular formula is C33H35N3O5. The van der Waals surface area contributed by atoms with E-state index in [0.29, 0.717) is 13.1 Å². The van der Waals surface area contributed by atoms with Crippen LogP contribution in [0.4, 0.5) is 4.79 Å². The Morgan fingerprint density at radius 3 is 2.05 bits per heavy atom. The molecule has 0 spiro atoms. The molecule has 0 aromatic heterocycles. The van der Waals surface area contributed by atoms with E-state index in [1.807, 2.05) is 54.6 Å². The van der Waals surface area contributed by atoms with Crippen LogP contribution in [0.15, 0.2) is 78.9 Å². The number of nitrogens with one attached hydrogen (secondary N) is 1. The first-order valence-corrected chi connectivity index (χ1v) is 14.4. The van der Waals surface area contributed by atoms with Crippen LogP contribution in [0.5, 0.6) is 0 Å². The predicted molar refractivity (Wildman–Crippen MR) is 154 cm³/mol. The van der Waals surface area contributed by atoms with Gasteiger partial charge in [0.1, 0.15) is 12.6 Å². The number of hydrogen-bond acceptors (Lipinski definition) is 5. The summed E-state index contributed by atoms with van der Waals surface area (Å²) in [6.45, 7) is 2.11. The van der Waals surface area contributed by atoms with E-state index in [9.17, 15) is 19.5 Å². The first-order valence-electron chi connectivity index (χ1n) is 14.4. The molecule has 3 aromatic carbocycles. The summed E-state index contributed by atoms with van der Waals surface area (Å²) in [5, 5.41) is 12.0. The molecule has 2 N–H and O–H groups in total. The smallest absolute Gasteiger partial charge is 0.407 e. The van der Waals surface area contributed by atoms with E-state index in [1.54, 1.807) is 4.90 Å². The zero-order valence-corrected chi connectivity index (χ0v) is 22.9. The average molecular weight is 554 g/mol. The van der Waals surface area contributed by atoms with Gasteiger partial charge < -0.3 is 20.1 Å². The summed E-state index contributed by atoms with van der Waals surface area (Å²) >= 11 is 0. The van der Waals surface area contributed by atoms with E-state index in [-0.39, 0.29) is 43.4 Å². The van der Waals surface area contributed by atoms with Crippen molar-refractivity contribution in [3.05, 3.63) is 95.6 Å². The minimum atomic E-state index is -1.01. The zero-order chi connectivity index (χ0) is 28.3. The molecule has 3 atom stereocenters. The minimum absolute atomic E-state index is 0.0118. The van der Waals surface area contributed by atoms with Crippen LogP contribution >= 0.6 is 0 Å². The lowest BCUT2D eigenvalue weighted by Crippen LogP contribution is -2.58. The first-order chi connectivity index (χ1) is 20.0. The molecule has 2 saturated heterocycles. The number of benzene rings is 3. The Hall–Kier alpha value is -4.17. The van der Waals surface area contributed by atoms with Gasteiger partial charge in [0.15, 0.2) is 0 Å². The quantitative estimate of drug-likeness (QED) is 0.401. The molecule has 2 aliphatic heterocycles. The number of carboxylic acids is 1. The largest absolute Gasteiger partial charge is 0.481 e. The van der Waals surface area contributed by atoms with Crippen molar-refractivity contribution in [3.8, 4) is 11.1 Å². The highest BCUT2D eigenvalue weighted by molar-refractivity contribution is 5.86. The normalized spacial score (nSPS) is 20.2. The SMILES string of the molecule is O=C(O)CCC(NC(=O)OCC1c2ccccc2-c2ccccc21)C(=O)N1CC2CCC(C1)N2Cc1ccccc1. The van der Waals surface area contributed by atoms with Crippen LogP contribution in [0, 0.1) is 0 Å². The lowest BCUT2D eigenvalue weighted by molar-refractivity contribution is -0.139. The standard InChI is InChI=1S/C33H35N3O5/c37-31(38)17-16-30(32(39)35-19-23-14-15-24(20-35)36(23)18-22-8-2-1-3-9-22)34-33(40)41-21-29-27-12-6-4-10-25(27)26-11-5-7-13-28(26)29/h1-13,23-24,29-30H,14-21H2,(H,34,40)(H,37,38). The van der Waals surface area contributed by atoms with Crippen LogP contribution < -0.4 is 5.32 Å². The van der Waals surface area contributed by atoms with Crippen LogP contribution in [-0.2, 0) is 20.9 Å². The molecule has 0 radical (unpaired) electrons. The van der Waals surface area contributed by atoms with Gasteiger partial charge in [-0.1, -0.05) is 78.9 Å². The van der Waals surface area contributed by atoms with Crippen molar-refractivity contribution < 1.29 is 24.2 Å². The van der Waals surface area contributed by atoms with E-state index < -0.39 is 18.1 Å². The Morgan fingerprint density at radius 1 is 0.854 bits per heavy atom. The minimum Gasteiger partial charge on any atom is -0.481 e. The van der Waals surface area contributed by atoms with E-state index in [0.717, 1.165) is 41.6 Å². The Labute approximate surface area is 239 Å². The molecule has 3 aromatic rings. The van der Waals surface area contributed by atoms with Crippen LogP contribution in [0.25, 0.3) is 11.1 Å². The zero-order valence-electron chi connectivity index (χ0n) is 22.9. The number of carboxylic acid groups (broad SMARTS) is 1. The maximum atomic E-state index is 13.7. The van der Waals surface area contributed by atoms with Crippen molar-refractivity contribution in [2.24, 2.45) is 0 Å². The molecule has 2 heterocycles. The molecule has 8 nitrogen and oxygen atoms in total. The number of carbonyl (C=O) groups is 3. The van der Waals surface area contributed by atoms with Gasteiger partial charge >= 0.3 is 12.1 Å². The second-order valence-corrected chi connectivity index (χ2v) is 11.2. The van der Waals surface area contributed by atoms with E-state index in [4.69, 9.17) is 4.74 Å². The van der Waals surface area contributed by atoms with Crippen molar-refractivity contribution in [2.45, 2.75) is 56.3 Å². The number of rotatable bonds is 9. The number of likely N-dealkylation sites (tertiary alicyclic amines) is 1. The molecule has 3 unspecified atom stereocenters. The van der Waals surface area contributed by atoms with Crippen molar-refractivity contribution >= 4 is 18.0 Å². The fourth-order valence-corrected chi connectivity index (χ4v) is 6.75. The Balaban J connectivity index is 1.10. The molecule has 2 fully saturated rings.